The first-order valence-corrected chi connectivity index (χ1v) is 7.49. The first-order valence-electron chi connectivity index (χ1n) is 6.69. The summed E-state index contributed by atoms with van der Waals surface area (Å²) in [6, 6.07) is 5.99. The van der Waals surface area contributed by atoms with Gasteiger partial charge in [0.25, 0.3) is 5.91 Å². The van der Waals surface area contributed by atoms with Crippen molar-refractivity contribution in [1.82, 2.24) is 14.5 Å². The fourth-order valence-corrected chi connectivity index (χ4v) is 3.34. The highest BCUT2D eigenvalue weighted by Gasteiger charge is 2.31. The molecular formula is C15H16BrN3O. The molecule has 2 aromatic heterocycles. The Labute approximate surface area is 126 Å². The van der Waals surface area contributed by atoms with Crippen molar-refractivity contribution in [3.05, 3.63) is 52.5 Å². The lowest BCUT2D eigenvalue weighted by molar-refractivity contribution is 0.0726. The summed E-state index contributed by atoms with van der Waals surface area (Å²) >= 11 is 3.42. The second-order valence-corrected chi connectivity index (χ2v) is 6.01. The number of pyridine rings is 1. The molecule has 1 saturated heterocycles. The molecule has 1 aliphatic rings. The van der Waals surface area contributed by atoms with Crippen LogP contribution in [0.5, 0.6) is 0 Å². The summed E-state index contributed by atoms with van der Waals surface area (Å²) in [5.74, 6) is 0.0875. The minimum atomic E-state index is 0.0875. The summed E-state index contributed by atoms with van der Waals surface area (Å²) in [4.78, 5) is 18.9. The number of nitrogens with zero attached hydrogens (tertiary/aromatic N) is 3. The Morgan fingerprint density at radius 2 is 2.35 bits per heavy atom. The monoisotopic (exact) mass is 333 g/mol. The third-order valence-corrected chi connectivity index (χ3v) is 4.21. The molecule has 0 saturated carbocycles. The highest BCUT2D eigenvalue weighted by molar-refractivity contribution is 9.10. The summed E-state index contributed by atoms with van der Waals surface area (Å²) in [5, 5.41) is 0. The van der Waals surface area contributed by atoms with Crippen LogP contribution < -0.4 is 0 Å². The Bertz CT molecular complexity index is 623. The minimum Gasteiger partial charge on any atom is -0.345 e. The van der Waals surface area contributed by atoms with Crippen molar-refractivity contribution in [1.29, 1.82) is 0 Å². The van der Waals surface area contributed by atoms with E-state index in [0.29, 0.717) is 5.69 Å². The Kier molecular flexibility index (Phi) is 3.61. The summed E-state index contributed by atoms with van der Waals surface area (Å²) in [5.41, 5.74) is 1.83. The number of aryl methyl sites for hydroxylation is 1. The number of amides is 1. The first kappa shape index (κ1) is 13.4. The molecule has 1 fully saturated rings. The standard InChI is InChI=1S/C15H16BrN3O/c1-18-10-12(16)8-14(18)15(20)19-7-3-5-13(19)11-4-2-6-17-9-11/h2,4,6,8-10,13H,3,5,7H2,1H3. The molecule has 1 aliphatic heterocycles. The lowest BCUT2D eigenvalue weighted by Gasteiger charge is -2.25. The Hall–Kier alpha value is -1.62. The number of aromatic nitrogens is 2. The molecule has 0 bridgehead atoms. The maximum atomic E-state index is 12.7. The molecule has 5 heteroatoms. The van der Waals surface area contributed by atoms with Gasteiger partial charge in [0, 0.05) is 36.7 Å². The highest BCUT2D eigenvalue weighted by Crippen LogP contribution is 2.33. The van der Waals surface area contributed by atoms with Crippen LogP contribution in [-0.4, -0.2) is 26.9 Å². The van der Waals surface area contributed by atoms with E-state index in [1.54, 1.807) is 6.20 Å². The fourth-order valence-electron chi connectivity index (χ4n) is 2.81. The van der Waals surface area contributed by atoms with Gasteiger partial charge in [-0.3, -0.25) is 9.78 Å². The Morgan fingerprint density at radius 1 is 1.50 bits per heavy atom. The number of rotatable bonds is 2. The van der Waals surface area contributed by atoms with Crippen molar-refractivity contribution in [3.63, 3.8) is 0 Å². The maximum absolute atomic E-state index is 12.7. The van der Waals surface area contributed by atoms with Crippen molar-refractivity contribution < 1.29 is 4.79 Å². The molecule has 0 N–H and O–H groups in total. The van der Waals surface area contributed by atoms with E-state index in [2.05, 4.69) is 20.9 Å². The molecule has 3 rings (SSSR count). The van der Waals surface area contributed by atoms with Crippen LogP contribution in [0.4, 0.5) is 0 Å². The molecule has 1 amide bonds. The second-order valence-electron chi connectivity index (χ2n) is 5.10. The van der Waals surface area contributed by atoms with E-state index in [-0.39, 0.29) is 11.9 Å². The van der Waals surface area contributed by atoms with Gasteiger partial charge in [-0.1, -0.05) is 6.07 Å². The van der Waals surface area contributed by atoms with E-state index >= 15 is 0 Å². The predicted molar refractivity (Wildman–Crippen MR) is 80.4 cm³/mol. The van der Waals surface area contributed by atoms with Crippen LogP contribution in [0, 0.1) is 0 Å². The molecule has 4 nitrogen and oxygen atoms in total. The number of carbonyl (C=O) groups excluding carboxylic acids is 1. The molecule has 3 heterocycles. The summed E-state index contributed by atoms with van der Waals surface area (Å²) in [7, 11) is 1.90. The van der Waals surface area contributed by atoms with Gasteiger partial charge in [0.2, 0.25) is 0 Å². The largest absolute Gasteiger partial charge is 0.345 e. The highest BCUT2D eigenvalue weighted by atomic mass is 79.9. The number of hydrogen-bond donors (Lipinski definition) is 0. The van der Waals surface area contributed by atoms with Gasteiger partial charge < -0.3 is 9.47 Å². The van der Waals surface area contributed by atoms with Crippen LogP contribution in [0.15, 0.2) is 41.3 Å². The van der Waals surface area contributed by atoms with Gasteiger partial charge in [0.15, 0.2) is 0 Å². The summed E-state index contributed by atoms with van der Waals surface area (Å²) in [6.07, 6.45) is 7.57. The van der Waals surface area contributed by atoms with Gasteiger partial charge in [0.05, 0.1) is 6.04 Å². The zero-order valence-electron chi connectivity index (χ0n) is 11.3. The second kappa shape index (κ2) is 5.40. The number of likely N-dealkylation sites (tertiary alicyclic amines) is 1. The van der Waals surface area contributed by atoms with Gasteiger partial charge in [0.1, 0.15) is 5.69 Å². The van der Waals surface area contributed by atoms with Crippen LogP contribution in [0.2, 0.25) is 0 Å². The molecular weight excluding hydrogens is 318 g/mol. The van der Waals surface area contributed by atoms with Crippen LogP contribution >= 0.6 is 15.9 Å². The zero-order valence-corrected chi connectivity index (χ0v) is 12.9. The smallest absolute Gasteiger partial charge is 0.271 e. The quantitative estimate of drug-likeness (QED) is 0.846. The van der Waals surface area contributed by atoms with Crippen molar-refractivity contribution in [2.24, 2.45) is 7.05 Å². The maximum Gasteiger partial charge on any atom is 0.271 e. The number of hydrogen-bond acceptors (Lipinski definition) is 2. The lowest BCUT2D eigenvalue weighted by Crippen LogP contribution is -2.31. The number of halogens is 1. The third-order valence-electron chi connectivity index (χ3n) is 3.77. The molecule has 1 atom stereocenters. The van der Waals surface area contributed by atoms with E-state index in [1.165, 1.54) is 0 Å². The van der Waals surface area contributed by atoms with E-state index in [1.807, 2.05) is 47.1 Å². The minimum absolute atomic E-state index is 0.0875. The van der Waals surface area contributed by atoms with Gasteiger partial charge in [-0.25, -0.2) is 0 Å². The van der Waals surface area contributed by atoms with Gasteiger partial charge in [-0.15, -0.1) is 0 Å². The zero-order chi connectivity index (χ0) is 14.1. The predicted octanol–water partition coefficient (Wildman–Crippen LogP) is 3.16. The van der Waals surface area contributed by atoms with E-state index < -0.39 is 0 Å². The summed E-state index contributed by atoms with van der Waals surface area (Å²) < 4.78 is 2.80. The van der Waals surface area contributed by atoms with Crippen molar-refractivity contribution in [2.45, 2.75) is 18.9 Å². The van der Waals surface area contributed by atoms with Crippen molar-refractivity contribution in [2.75, 3.05) is 6.54 Å². The van der Waals surface area contributed by atoms with Gasteiger partial charge >= 0.3 is 0 Å². The fraction of sp³-hybridized carbons (Fsp3) is 0.333. The van der Waals surface area contributed by atoms with Crippen molar-refractivity contribution >= 4 is 21.8 Å². The Morgan fingerprint density at radius 3 is 3.00 bits per heavy atom. The molecule has 20 heavy (non-hydrogen) atoms. The normalized spacial score (nSPS) is 18.5. The molecule has 0 spiro atoms. The molecule has 2 aromatic rings. The average Bonchev–Trinajstić information content (AvgIpc) is 3.05. The van der Waals surface area contributed by atoms with Gasteiger partial charge in [-0.2, -0.15) is 0 Å². The molecule has 0 aliphatic carbocycles. The molecule has 0 radical (unpaired) electrons. The molecule has 1 unspecified atom stereocenters. The third kappa shape index (κ3) is 2.38. The molecule has 104 valence electrons. The van der Waals surface area contributed by atoms with Gasteiger partial charge in [-0.05, 0) is 46.5 Å². The lowest BCUT2D eigenvalue weighted by atomic mass is 10.1. The van der Waals surface area contributed by atoms with Crippen LogP contribution in [-0.2, 0) is 7.05 Å². The van der Waals surface area contributed by atoms with E-state index in [9.17, 15) is 4.79 Å². The average molecular weight is 334 g/mol. The van der Waals surface area contributed by atoms with E-state index in [0.717, 1.165) is 29.4 Å². The Balaban J connectivity index is 1.89. The van der Waals surface area contributed by atoms with E-state index in [4.69, 9.17) is 0 Å². The first-order chi connectivity index (χ1) is 9.66. The van der Waals surface area contributed by atoms with Crippen LogP contribution in [0.3, 0.4) is 0 Å². The van der Waals surface area contributed by atoms with Crippen LogP contribution in [0.1, 0.15) is 34.9 Å². The molecule has 0 aromatic carbocycles. The van der Waals surface area contributed by atoms with Crippen LogP contribution in [0.25, 0.3) is 0 Å². The van der Waals surface area contributed by atoms with Crippen molar-refractivity contribution in [3.8, 4) is 0 Å². The summed E-state index contributed by atoms with van der Waals surface area (Å²) in [6.45, 7) is 0.807. The number of carbonyl (C=O) groups is 1. The SMILES string of the molecule is Cn1cc(Br)cc1C(=O)N1CCCC1c1cccnc1. The topological polar surface area (TPSA) is 38.1 Å².